The average Bonchev–Trinajstić information content (AvgIpc) is 2.74. The Bertz CT molecular complexity index is 969. The molecule has 4 nitrogen and oxygen atoms in total. The van der Waals surface area contributed by atoms with Gasteiger partial charge in [0.2, 0.25) is 0 Å². The zero-order valence-corrected chi connectivity index (χ0v) is 14.9. The highest BCUT2D eigenvalue weighted by Crippen LogP contribution is 2.45. The third-order valence-corrected chi connectivity index (χ3v) is 3.92. The van der Waals surface area contributed by atoms with Crippen LogP contribution in [0.25, 0.3) is 0 Å². The molecule has 4 heteroatoms. The largest absolute Gasteiger partial charge is 0.457 e. The summed E-state index contributed by atoms with van der Waals surface area (Å²) >= 11 is 0. The maximum Gasteiger partial charge on any atom is 0.263 e. The van der Waals surface area contributed by atoms with E-state index in [2.05, 4.69) is 0 Å². The summed E-state index contributed by atoms with van der Waals surface area (Å²) in [6.45, 7) is 0. The summed E-state index contributed by atoms with van der Waals surface area (Å²) in [6, 6.07) is 30.7. The summed E-state index contributed by atoms with van der Waals surface area (Å²) in [6.07, 6.45) is 0. The van der Waals surface area contributed by atoms with Gasteiger partial charge in [0.25, 0.3) is 5.75 Å². The first kappa shape index (κ1) is 17.5. The van der Waals surface area contributed by atoms with E-state index in [4.69, 9.17) is 14.2 Å². The molecular weight excluding hydrogens is 352 g/mol. The SMILES string of the molecule is [O]c1c(Oc2ccccc2)cc(Oc2ccccc2)cc1Oc1ccccc1. The summed E-state index contributed by atoms with van der Waals surface area (Å²) in [7, 11) is 0. The van der Waals surface area contributed by atoms with Gasteiger partial charge in [0.05, 0.1) is 0 Å². The molecule has 28 heavy (non-hydrogen) atoms. The van der Waals surface area contributed by atoms with E-state index in [9.17, 15) is 5.11 Å². The third-order valence-electron chi connectivity index (χ3n) is 3.92. The van der Waals surface area contributed by atoms with E-state index in [0.717, 1.165) is 0 Å². The summed E-state index contributed by atoms with van der Waals surface area (Å²) in [4.78, 5) is 0. The Labute approximate surface area is 163 Å². The molecule has 4 aromatic carbocycles. The molecule has 0 spiro atoms. The fourth-order valence-corrected chi connectivity index (χ4v) is 2.62. The fraction of sp³-hybridized carbons (Fsp3) is 0. The number of ether oxygens (including phenoxy) is 3. The van der Waals surface area contributed by atoms with Crippen molar-refractivity contribution >= 4 is 0 Å². The summed E-state index contributed by atoms with van der Waals surface area (Å²) in [5.74, 6) is 2.12. The van der Waals surface area contributed by atoms with Crippen LogP contribution in [0.2, 0.25) is 0 Å². The lowest BCUT2D eigenvalue weighted by Crippen LogP contribution is -1.91. The highest BCUT2D eigenvalue weighted by Gasteiger charge is 2.17. The fourth-order valence-electron chi connectivity index (χ4n) is 2.62. The van der Waals surface area contributed by atoms with Crippen LogP contribution in [0.5, 0.6) is 40.2 Å². The Morgan fingerprint density at radius 1 is 0.429 bits per heavy atom. The minimum atomic E-state index is -0.354. The van der Waals surface area contributed by atoms with Crippen molar-refractivity contribution in [2.75, 3.05) is 0 Å². The molecule has 0 aliphatic heterocycles. The second-order valence-electron chi connectivity index (χ2n) is 5.99. The zero-order valence-electron chi connectivity index (χ0n) is 14.9. The van der Waals surface area contributed by atoms with Crippen molar-refractivity contribution in [1.82, 2.24) is 0 Å². The minimum Gasteiger partial charge on any atom is -0.457 e. The van der Waals surface area contributed by atoms with Crippen LogP contribution in [0.4, 0.5) is 0 Å². The number of hydrogen-bond acceptors (Lipinski definition) is 3. The van der Waals surface area contributed by atoms with Gasteiger partial charge in [0, 0.05) is 12.1 Å². The van der Waals surface area contributed by atoms with Gasteiger partial charge in [-0.05, 0) is 36.4 Å². The first-order chi connectivity index (χ1) is 13.8. The lowest BCUT2D eigenvalue weighted by atomic mass is 10.2. The van der Waals surface area contributed by atoms with E-state index in [1.807, 2.05) is 66.7 Å². The van der Waals surface area contributed by atoms with Crippen molar-refractivity contribution in [1.29, 1.82) is 0 Å². The molecule has 0 amide bonds. The Morgan fingerprint density at radius 3 is 1.18 bits per heavy atom. The van der Waals surface area contributed by atoms with Crippen molar-refractivity contribution in [2.24, 2.45) is 0 Å². The van der Waals surface area contributed by atoms with Gasteiger partial charge in [-0.15, -0.1) is 0 Å². The second-order valence-corrected chi connectivity index (χ2v) is 5.99. The zero-order chi connectivity index (χ0) is 19.2. The smallest absolute Gasteiger partial charge is 0.263 e. The van der Waals surface area contributed by atoms with Crippen molar-refractivity contribution in [2.45, 2.75) is 0 Å². The van der Waals surface area contributed by atoms with Gasteiger partial charge in [0.15, 0.2) is 11.5 Å². The molecule has 0 aliphatic carbocycles. The minimum absolute atomic E-state index is 0.130. The standard InChI is InChI=1S/C24H17O4/c25-24-22(27-19-12-6-2-7-13-19)16-21(26-18-10-4-1-5-11-18)17-23(24)28-20-14-8-3-9-15-20/h1-17H. The Morgan fingerprint density at radius 2 is 0.786 bits per heavy atom. The van der Waals surface area contributed by atoms with Crippen LogP contribution in [-0.2, 0) is 5.11 Å². The van der Waals surface area contributed by atoms with E-state index in [0.29, 0.717) is 23.0 Å². The number of rotatable bonds is 6. The molecular formula is C24H17O4. The van der Waals surface area contributed by atoms with Crippen LogP contribution >= 0.6 is 0 Å². The van der Waals surface area contributed by atoms with Crippen LogP contribution in [0.3, 0.4) is 0 Å². The van der Waals surface area contributed by atoms with E-state index in [-0.39, 0.29) is 17.2 Å². The van der Waals surface area contributed by atoms with Gasteiger partial charge in [-0.2, -0.15) is 0 Å². The normalized spacial score (nSPS) is 10.3. The highest BCUT2D eigenvalue weighted by atomic mass is 16.5. The van der Waals surface area contributed by atoms with Gasteiger partial charge < -0.3 is 14.2 Å². The number of para-hydroxylation sites is 3. The molecule has 4 rings (SSSR count). The molecule has 0 aliphatic rings. The average molecular weight is 369 g/mol. The first-order valence-electron chi connectivity index (χ1n) is 8.82. The summed E-state index contributed by atoms with van der Waals surface area (Å²) < 4.78 is 17.5. The highest BCUT2D eigenvalue weighted by molar-refractivity contribution is 5.57. The van der Waals surface area contributed by atoms with Crippen molar-refractivity contribution in [3.05, 3.63) is 103 Å². The quantitative estimate of drug-likeness (QED) is 0.361. The molecule has 137 valence electrons. The third kappa shape index (κ3) is 4.24. The van der Waals surface area contributed by atoms with Gasteiger partial charge in [0.1, 0.15) is 23.0 Å². The van der Waals surface area contributed by atoms with Gasteiger partial charge in [-0.3, -0.25) is 5.11 Å². The van der Waals surface area contributed by atoms with E-state index >= 15 is 0 Å². The number of hydrogen-bond donors (Lipinski definition) is 0. The van der Waals surface area contributed by atoms with Crippen molar-refractivity contribution in [3.63, 3.8) is 0 Å². The molecule has 0 aromatic heterocycles. The van der Waals surface area contributed by atoms with Gasteiger partial charge >= 0.3 is 0 Å². The predicted octanol–water partition coefficient (Wildman–Crippen LogP) is 7.21. The van der Waals surface area contributed by atoms with Crippen molar-refractivity contribution in [3.8, 4) is 40.2 Å². The van der Waals surface area contributed by atoms with E-state index < -0.39 is 0 Å². The molecule has 0 fully saturated rings. The topological polar surface area (TPSA) is 47.6 Å². The molecule has 0 saturated carbocycles. The van der Waals surface area contributed by atoms with Gasteiger partial charge in [-0.1, -0.05) is 54.6 Å². The first-order valence-corrected chi connectivity index (χ1v) is 8.82. The lowest BCUT2D eigenvalue weighted by Gasteiger charge is -2.14. The van der Waals surface area contributed by atoms with Crippen LogP contribution in [-0.4, -0.2) is 0 Å². The summed E-state index contributed by atoms with van der Waals surface area (Å²) in [5.41, 5.74) is 0. The second kappa shape index (κ2) is 8.18. The molecule has 0 saturated heterocycles. The maximum atomic E-state index is 12.9. The lowest BCUT2D eigenvalue weighted by molar-refractivity contribution is 0.305. The van der Waals surface area contributed by atoms with Gasteiger partial charge in [-0.25, -0.2) is 0 Å². The summed E-state index contributed by atoms with van der Waals surface area (Å²) in [5, 5.41) is 12.9. The molecule has 0 atom stereocenters. The monoisotopic (exact) mass is 369 g/mol. The molecule has 0 N–H and O–H groups in total. The van der Waals surface area contributed by atoms with Crippen LogP contribution in [0, 0.1) is 0 Å². The Kier molecular flexibility index (Phi) is 5.11. The van der Waals surface area contributed by atoms with Crippen LogP contribution < -0.4 is 14.2 Å². The molecule has 4 aromatic rings. The maximum absolute atomic E-state index is 12.9. The predicted molar refractivity (Wildman–Crippen MR) is 106 cm³/mol. The van der Waals surface area contributed by atoms with Crippen LogP contribution in [0.1, 0.15) is 0 Å². The van der Waals surface area contributed by atoms with E-state index in [1.54, 1.807) is 36.4 Å². The van der Waals surface area contributed by atoms with E-state index in [1.165, 1.54) is 0 Å². The number of benzene rings is 4. The Balaban J connectivity index is 1.71. The van der Waals surface area contributed by atoms with Crippen LogP contribution in [0.15, 0.2) is 103 Å². The molecule has 0 bridgehead atoms. The molecule has 1 radical (unpaired) electrons. The molecule has 0 unspecified atom stereocenters. The van der Waals surface area contributed by atoms with Crippen molar-refractivity contribution < 1.29 is 19.3 Å². The Hall–Kier alpha value is -3.92. The molecule has 0 heterocycles.